The lowest BCUT2D eigenvalue weighted by Crippen LogP contribution is -2.15. The third-order valence-corrected chi connectivity index (χ3v) is 2.99. The molecule has 2 nitrogen and oxygen atoms in total. The van der Waals surface area contributed by atoms with Crippen LogP contribution in [0.1, 0.15) is 28.6 Å². The minimum Gasteiger partial charge on any atom is -0.324 e. The number of hydrogen-bond acceptors (Lipinski definition) is 2. The molecule has 4 heteroatoms. The van der Waals surface area contributed by atoms with Crippen LogP contribution >= 0.6 is 0 Å². The second-order valence-corrected chi connectivity index (χ2v) is 4.73. The van der Waals surface area contributed by atoms with Crippen LogP contribution in [0.15, 0.2) is 30.3 Å². The van der Waals surface area contributed by atoms with Crippen molar-refractivity contribution in [1.29, 1.82) is 0 Å². The van der Waals surface area contributed by atoms with Gasteiger partial charge in [-0.1, -0.05) is 6.07 Å². The Hall–Kier alpha value is -1.81. The fourth-order valence-electron chi connectivity index (χ4n) is 2.12. The van der Waals surface area contributed by atoms with Crippen molar-refractivity contribution in [2.75, 3.05) is 0 Å². The molecule has 0 saturated carbocycles. The molecule has 0 bridgehead atoms. The van der Waals surface area contributed by atoms with Crippen molar-refractivity contribution in [3.05, 3.63) is 64.5 Å². The van der Waals surface area contributed by atoms with Crippen LogP contribution in [0, 0.1) is 25.5 Å². The number of pyridine rings is 1. The van der Waals surface area contributed by atoms with E-state index in [9.17, 15) is 8.78 Å². The number of hydrogen-bond donors (Lipinski definition) is 1. The minimum atomic E-state index is -0.578. The molecule has 0 aliphatic heterocycles. The third-order valence-electron chi connectivity index (χ3n) is 2.99. The highest BCUT2D eigenvalue weighted by atomic mass is 19.1. The Bertz CT molecular complexity index is 576. The topological polar surface area (TPSA) is 38.9 Å². The summed E-state index contributed by atoms with van der Waals surface area (Å²) < 4.78 is 26.4. The van der Waals surface area contributed by atoms with Crippen molar-refractivity contribution in [2.24, 2.45) is 5.73 Å². The first kappa shape index (κ1) is 13.6. The van der Waals surface area contributed by atoms with E-state index < -0.39 is 11.6 Å². The molecule has 2 N–H and O–H groups in total. The van der Waals surface area contributed by atoms with Gasteiger partial charge in [0.15, 0.2) is 0 Å². The van der Waals surface area contributed by atoms with Crippen molar-refractivity contribution in [1.82, 2.24) is 4.98 Å². The van der Waals surface area contributed by atoms with Crippen LogP contribution in [0.2, 0.25) is 0 Å². The molecule has 2 aromatic rings. The second-order valence-electron chi connectivity index (χ2n) is 4.73. The van der Waals surface area contributed by atoms with Gasteiger partial charge in [-0.2, -0.15) is 0 Å². The number of rotatable bonds is 3. The van der Waals surface area contributed by atoms with Gasteiger partial charge in [-0.25, -0.2) is 8.78 Å². The maximum absolute atomic E-state index is 13.6. The number of aromatic nitrogens is 1. The fraction of sp³-hybridized carbons (Fsp3) is 0.267. The molecule has 1 atom stereocenters. The smallest absolute Gasteiger partial charge is 0.129 e. The Morgan fingerprint density at radius 1 is 1.11 bits per heavy atom. The Morgan fingerprint density at radius 2 is 1.74 bits per heavy atom. The lowest BCUT2D eigenvalue weighted by Gasteiger charge is -2.14. The zero-order valence-electron chi connectivity index (χ0n) is 11.0. The molecule has 1 heterocycles. The standard InChI is InChI=1S/C15H16F2N2/c1-9-5-12(6-10(2)19-9)15(18)7-11-3-4-13(16)8-14(11)17/h3-6,8,15H,7,18H2,1-2H3. The zero-order valence-corrected chi connectivity index (χ0v) is 11.0. The molecular formula is C15H16F2N2. The summed E-state index contributed by atoms with van der Waals surface area (Å²) in [5.74, 6) is -1.14. The molecule has 1 aromatic carbocycles. The number of nitrogens with two attached hydrogens (primary N) is 1. The molecule has 0 aliphatic rings. The van der Waals surface area contributed by atoms with Crippen LogP contribution in [0.25, 0.3) is 0 Å². The monoisotopic (exact) mass is 262 g/mol. The van der Waals surface area contributed by atoms with Gasteiger partial charge < -0.3 is 5.73 Å². The molecule has 0 aliphatic carbocycles. The van der Waals surface area contributed by atoms with Gasteiger partial charge >= 0.3 is 0 Å². The number of nitrogens with zero attached hydrogens (tertiary/aromatic N) is 1. The predicted molar refractivity (Wildman–Crippen MR) is 70.7 cm³/mol. The first-order valence-electron chi connectivity index (χ1n) is 6.10. The number of benzene rings is 1. The quantitative estimate of drug-likeness (QED) is 0.922. The first-order valence-corrected chi connectivity index (χ1v) is 6.10. The summed E-state index contributed by atoms with van der Waals surface area (Å²) in [7, 11) is 0. The Kier molecular flexibility index (Phi) is 3.90. The summed E-state index contributed by atoms with van der Waals surface area (Å²) in [5.41, 5.74) is 9.17. The van der Waals surface area contributed by atoms with Gasteiger partial charge in [-0.15, -0.1) is 0 Å². The highest BCUT2D eigenvalue weighted by Crippen LogP contribution is 2.20. The molecule has 100 valence electrons. The molecule has 1 aromatic heterocycles. The molecule has 0 fully saturated rings. The van der Waals surface area contributed by atoms with Crippen LogP contribution < -0.4 is 5.73 Å². The van der Waals surface area contributed by atoms with Crippen molar-refractivity contribution < 1.29 is 8.78 Å². The van der Waals surface area contributed by atoms with Gasteiger partial charge in [0.05, 0.1) is 0 Å². The van der Waals surface area contributed by atoms with Crippen molar-refractivity contribution in [3.63, 3.8) is 0 Å². The molecule has 0 spiro atoms. The van der Waals surface area contributed by atoms with Crippen LogP contribution in [-0.4, -0.2) is 4.98 Å². The van der Waals surface area contributed by atoms with Crippen LogP contribution in [0.5, 0.6) is 0 Å². The van der Waals surface area contributed by atoms with E-state index in [1.807, 2.05) is 26.0 Å². The zero-order chi connectivity index (χ0) is 14.0. The summed E-state index contributed by atoms with van der Waals surface area (Å²) in [4.78, 5) is 4.27. The third kappa shape index (κ3) is 3.35. The van der Waals surface area contributed by atoms with E-state index in [4.69, 9.17) is 5.73 Å². The predicted octanol–water partition coefficient (Wildman–Crippen LogP) is 3.22. The van der Waals surface area contributed by atoms with E-state index in [1.165, 1.54) is 12.1 Å². The summed E-state index contributed by atoms with van der Waals surface area (Å²) in [5, 5.41) is 0. The molecule has 0 saturated heterocycles. The molecule has 19 heavy (non-hydrogen) atoms. The van der Waals surface area contributed by atoms with Crippen molar-refractivity contribution >= 4 is 0 Å². The van der Waals surface area contributed by atoms with Crippen LogP contribution in [-0.2, 0) is 6.42 Å². The van der Waals surface area contributed by atoms with Crippen LogP contribution in [0.4, 0.5) is 8.78 Å². The van der Waals surface area contributed by atoms with Gasteiger partial charge in [0.1, 0.15) is 11.6 Å². The first-order chi connectivity index (χ1) is 8.95. The highest BCUT2D eigenvalue weighted by molar-refractivity contribution is 5.27. The Balaban J connectivity index is 2.22. The molecule has 2 rings (SSSR count). The lowest BCUT2D eigenvalue weighted by molar-refractivity contribution is 0.563. The molecule has 0 amide bonds. The fourth-order valence-corrected chi connectivity index (χ4v) is 2.12. The Labute approximate surface area is 111 Å². The average Bonchev–Trinajstić information content (AvgIpc) is 2.31. The van der Waals surface area contributed by atoms with Gasteiger partial charge in [0.25, 0.3) is 0 Å². The van der Waals surface area contributed by atoms with E-state index in [-0.39, 0.29) is 6.04 Å². The minimum absolute atomic E-state index is 0.328. The lowest BCUT2D eigenvalue weighted by atomic mass is 9.99. The normalized spacial score (nSPS) is 12.5. The second kappa shape index (κ2) is 5.45. The SMILES string of the molecule is Cc1cc(C(N)Cc2ccc(F)cc2F)cc(C)n1. The van der Waals surface area contributed by atoms with E-state index in [0.29, 0.717) is 12.0 Å². The van der Waals surface area contributed by atoms with Gasteiger partial charge in [0.2, 0.25) is 0 Å². The molecule has 1 unspecified atom stereocenters. The van der Waals surface area contributed by atoms with Gasteiger partial charge in [-0.3, -0.25) is 4.98 Å². The van der Waals surface area contributed by atoms with Crippen molar-refractivity contribution in [3.8, 4) is 0 Å². The maximum atomic E-state index is 13.6. The van der Waals surface area contributed by atoms with Crippen LogP contribution in [0.3, 0.4) is 0 Å². The largest absolute Gasteiger partial charge is 0.324 e. The van der Waals surface area contributed by atoms with E-state index in [2.05, 4.69) is 4.98 Å². The summed E-state index contributed by atoms with van der Waals surface area (Å²) >= 11 is 0. The molecular weight excluding hydrogens is 246 g/mol. The van der Waals surface area contributed by atoms with Gasteiger partial charge in [-0.05, 0) is 49.6 Å². The highest BCUT2D eigenvalue weighted by Gasteiger charge is 2.12. The Morgan fingerprint density at radius 3 is 2.32 bits per heavy atom. The summed E-state index contributed by atoms with van der Waals surface area (Å²) in [6, 6.07) is 7.00. The number of aryl methyl sites for hydroxylation is 2. The maximum Gasteiger partial charge on any atom is 0.129 e. The number of halogens is 2. The van der Waals surface area contributed by atoms with E-state index in [1.54, 1.807) is 0 Å². The summed E-state index contributed by atoms with van der Waals surface area (Å²) in [6.45, 7) is 3.78. The molecule has 0 radical (unpaired) electrons. The van der Waals surface area contributed by atoms with Crippen molar-refractivity contribution in [2.45, 2.75) is 26.3 Å². The van der Waals surface area contributed by atoms with E-state index >= 15 is 0 Å². The summed E-state index contributed by atoms with van der Waals surface area (Å²) in [6.07, 6.45) is 0.328. The average molecular weight is 262 g/mol. The van der Waals surface area contributed by atoms with E-state index in [0.717, 1.165) is 23.0 Å². The van der Waals surface area contributed by atoms with Gasteiger partial charge in [0, 0.05) is 23.5 Å².